The molecule has 0 amide bonds. The van der Waals surface area contributed by atoms with Crippen molar-refractivity contribution in [2.75, 3.05) is 0 Å². The third kappa shape index (κ3) is 3.82. The Hall–Kier alpha value is -3.84. The van der Waals surface area contributed by atoms with Crippen LogP contribution in [-0.2, 0) is 17.9 Å². The van der Waals surface area contributed by atoms with E-state index in [2.05, 4.69) is 27.2 Å². The van der Waals surface area contributed by atoms with Gasteiger partial charge in [-0.1, -0.05) is 35.5 Å². The van der Waals surface area contributed by atoms with Gasteiger partial charge in [0.1, 0.15) is 17.9 Å². The minimum absolute atomic E-state index is 0.0962. The highest BCUT2D eigenvalue weighted by Gasteiger charge is 2.36. The fourth-order valence-corrected chi connectivity index (χ4v) is 5.14. The number of hydrogen-bond donors (Lipinski definition) is 1. The van der Waals surface area contributed by atoms with E-state index in [1.807, 2.05) is 13.0 Å². The van der Waals surface area contributed by atoms with Gasteiger partial charge in [-0.25, -0.2) is 4.39 Å². The van der Waals surface area contributed by atoms with Crippen molar-refractivity contribution in [2.24, 2.45) is 5.92 Å². The molecule has 6 rings (SSSR count). The third-order valence-corrected chi connectivity index (χ3v) is 7.23. The standard InChI is InChI=1S/C28H24FN3O3/c1-16-8-24(25(29)12-23(16)22-4-2-3-5-26(22)34)28-30-27(31-35-28)18-6-7-19-13-32(14-20(19)11-18)21-9-17(10-21)15-33/h2-8,11-12,15,17,21,34H,9-10,13-14H2,1H3. The topological polar surface area (TPSA) is 79.5 Å². The molecule has 6 nitrogen and oxygen atoms in total. The van der Waals surface area contributed by atoms with Crippen molar-refractivity contribution in [2.45, 2.75) is 38.9 Å². The molecule has 1 saturated carbocycles. The second-order valence-corrected chi connectivity index (χ2v) is 9.50. The van der Waals surface area contributed by atoms with E-state index in [1.54, 1.807) is 30.3 Å². The van der Waals surface area contributed by atoms with E-state index < -0.39 is 5.82 Å². The molecule has 0 bridgehead atoms. The summed E-state index contributed by atoms with van der Waals surface area (Å²) < 4.78 is 20.5. The van der Waals surface area contributed by atoms with Crippen molar-refractivity contribution in [3.8, 4) is 39.7 Å². The number of carbonyl (C=O) groups excluding carboxylic acids is 1. The number of carbonyl (C=O) groups is 1. The molecule has 0 atom stereocenters. The first-order valence-electron chi connectivity index (χ1n) is 11.7. The van der Waals surface area contributed by atoms with Crippen molar-refractivity contribution >= 4 is 6.29 Å². The van der Waals surface area contributed by atoms with Crippen LogP contribution in [0.1, 0.15) is 29.5 Å². The van der Waals surface area contributed by atoms with E-state index in [4.69, 9.17) is 4.52 Å². The predicted octanol–water partition coefficient (Wildman–Crippen LogP) is 5.52. The smallest absolute Gasteiger partial charge is 0.261 e. The van der Waals surface area contributed by atoms with Gasteiger partial charge in [0.15, 0.2) is 0 Å². The van der Waals surface area contributed by atoms with E-state index in [0.29, 0.717) is 23.0 Å². The number of aromatic nitrogens is 2. The molecular weight excluding hydrogens is 445 g/mol. The van der Waals surface area contributed by atoms with E-state index in [1.165, 1.54) is 17.2 Å². The maximum atomic E-state index is 15.1. The van der Waals surface area contributed by atoms with Gasteiger partial charge in [-0.05, 0) is 66.3 Å². The molecule has 2 aliphatic rings. The van der Waals surface area contributed by atoms with E-state index in [9.17, 15) is 9.90 Å². The fraction of sp³-hybridized carbons (Fsp3) is 0.250. The lowest BCUT2D eigenvalue weighted by atomic mass is 9.80. The molecule has 0 saturated heterocycles. The lowest BCUT2D eigenvalue weighted by molar-refractivity contribution is -0.115. The van der Waals surface area contributed by atoms with Crippen LogP contribution in [0, 0.1) is 18.7 Å². The van der Waals surface area contributed by atoms with Crippen molar-refractivity contribution in [3.05, 3.63) is 77.1 Å². The van der Waals surface area contributed by atoms with Gasteiger partial charge in [-0.2, -0.15) is 4.98 Å². The molecule has 1 fully saturated rings. The van der Waals surface area contributed by atoms with Crippen molar-refractivity contribution < 1.29 is 18.8 Å². The van der Waals surface area contributed by atoms with Gasteiger partial charge in [-0.3, -0.25) is 4.90 Å². The van der Waals surface area contributed by atoms with Gasteiger partial charge < -0.3 is 14.4 Å². The minimum atomic E-state index is -0.497. The monoisotopic (exact) mass is 469 g/mol. The zero-order chi connectivity index (χ0) is 24.1. The Morgan fingerprint density at radius 3 is 2.63 bits per heavy atom. The largest absolute Gasteiger partial charge is 0.507 e. The number of phenolic OH excluding ortho intramolecular Hbond substituents is 1. The summed E-state index contributed by atoms with van der Waals surface area (Å²) in [6.07, 6.45) is 2.94. The molecule has 7 heteroatoms. The summed E-state index contributed by atoms with van der Waals surface area (Å²) in [4.78, 5) is 17.8. The van der Waals surface area contributed by atoms with Crippen molar-refractivity contribution in [3.63, 3.8) is 0 Å². The first-order valence-corrected chi connectivity index (χ1v) is 11.7. The van der Waals surface area contributed by atoms with Crippen LogP contribution in [0.3, 0.4) is 0 Å². The highest BCUT2D eigenvalue weighted by atomic mass is 19.1. The van der Waals surface area contributed by atoms with Crippen LogP contribution in [0.25, 0.3) is 34.0 Å². The summed E-state index contributed by atoms with van der Waals surface area (Å²) in [6, 6.07) is 16.5. The van der Waals surface area contributed by atoms with Crippen LogP contribution >= 0.6 is 0 Å². The normalized spacial score (nSPS) is 19.4. The number of nitrogens with zero attached hydrogens (tertiary/aromatic N) is 3. The number of hydrogen-bond acceptors (Lipinski definition) is 6. The summed E-state index contributed by atoms with van der Waals surface area (Å²) in [5, 5.41) is 14.3. The highest BCUT2D eigenvalue weighted by molar-refractivity contribution is 5.76. The van der Waals surface area contributed by atoms with Gasteiger partial charge in [0.05, 0.1) is 5.56 Å². The fourth-order valence-electron chi connectivity index (χ4n) is 5.14. The van der Waals surface area contributed by atoms with Crippen LogP contribution in [0.5, 0.6) is 5.75 Å². The number of rotatable bonds is 5. The molecule has 3 aromatic carbocycles. The summed E-state index contributed by atoms with van der Waals surface area (Å²) >= 11 is 0. The number of para-hydroxylation sites is 1. The number of aryl methyl sites for hydroxylation is 1. The van der Waals surface area contributed by atoms with Crippen LogP contribution in [0.15, 0.2) is 59.1 Å². The maximum absolute atomic E-state index is 15.1. The Labute approximate surface area is 202 Å². The van der Waals surface area contributed by atoms with Crippen LogP contribution in [0.4, 0.5) is 4.39 Å². The van der Waals surface area contributed by atoms with Gasteiger partial charge >= 0.3 is 0 Å². The molecule has 1 aliphatic carbocycles. The third-order valence-electron chi connectivity index (χ3n) is 7.23. The average Bonchev–Trinajstić information content (AvgIpc) is 3.47. The number of aromatic hydroxyl groups is 1. The molecule has 0 radical (unpaired) electrons. The summed E-state index contributed by atoms with van der Waals surface area (Å²) in [5.41, 5.74) is 5.50. The minimum Gasteiger partial charge on any atom is -0.507 e. The first kappa shape index (κ1) is 21.7. The molecule has 4 aromatic rings. The summed E-state index contributed by atoms with van der Waals surface area (Å²) in [7, 11) is 0. The van der Waals surface area contributed by atoms with Gasteiger partial charge in [-0.15, -0.1) is 0 Å². The molecule has 1 aromatic heterocycles. The summed E-state index contributed by atoms with van der Waals surface area (Å²) in [5.74, 6) is 0.323. The van der Waals surface area contributed by atoms with Crippen LogP contribution < -0.4 is 0 Å². The first-order chi connectivity index (χ1) is 17.0. The van der Waals surface area contributed by atoms with Crippen LogP contribution in [-0.4, -0.2) is 32.5 Å². The molecule has 1 N–H and O–H groups in total. The zero-order valence-corrected chi connectivity index (χ0v) is 19.2. The molecule has 1 aliphatic heterocycles. The Bertz CT molecular complexity index is 1440. The number of aldehydes is 1. The Kier molecular flexibility index (Phi) is 5.22. The summed E-state index contributed by atoms with van der Waals surface area (Å²) in [6.45, 7) is 3.58. The molecule has 2 heterocycles. The lowest BCUT2D eigenvalue weighted by Crippen LogP contribution is -2.42. The zero-order valence-electron chi connectivity index (χ0n) is 19.2. The Balaban J connectivity index is 1.25. The molecule has 176 valence electrons. The number of benzene rings is 3. The quantitative estimate of drug-likeness (QED) is 0.388. The molecule has 35 heavy (non-hydrogen) atoms. The lowest BCUT2D eigenvalue weighted by Gasteiger charge is -2.38. The second-order valence-electron chi connectivity index (χ2n) is 9.50. The van der Waals surface area contributed by atoms with E-state index >= 15 is 4.39 Å². The van der Waals surface area contributed by atoms with Crippen LogP contribution in [0.2, 0.25) is 0 Å². The number of halogens is 1. The van der Waals surface area contributed by atoms with Gasteiger partial charge in [0, 0.05) is 36.2 Å². The van der Waals surface area contributed by atoms with E-state index in [-0.39, 0.29) is 23.1 Å². The van der Waals surface area contributed by atoms with Gasteiger partial charge in [0.2, 0.25) is 5.82 Å². The SMILES string of the molecule is Cc1cc(-c2nc(-c3ccc4c(c3)CN(C3CC(C=O)C3)C4)no2)c(F)cc1-c1ccccc1O. The number of phenols is 1. The van der Waals surface area contributed by atoms with Crippen molar-refractivity contribution in [1.82, 2.24) is 15.0 Å². The Morgan fingerprint density at radius 1 is 1.03 bits per heavy atom. The second kappa shape index (κ2) is 8.43. The maximum Gasteiger partial charge on any atom is 0.261 e. The highest BCUT2D eigenvalue weighted by Crippen LogP contribution is 2.38. The average molecular weight is 470 g/mol. The molecular formula is C28H24FN3O3. The molecule has 0 spiro atoms. The number of fused-ring (bicyclic) bond motifs is 1. The Morgan fingerprint density at radius 2 is 1.83 bits per heavy atom. The van der Waals surface area contributed by atoms with Gasteiger partial charge in [0.25, 0.3) is 5.89 Å². The predicted molar refractivity (Wildman–Crippen MR) is 129 cm³/mol. The molecule has 0 unspecified atom stereocenters. The van der Waals surface area contributed by atoms with Crippen molar-refractivity contribution in [1.29, 1.82) is 0 Å². The van der Waals surface area contributed by atoms with E-state index in [0.717, 1.165) is 43.3 Å².